The Labute approximate surface area is 178 Å². The summed E-state index contributed by atoms with van der Waals surface area (Å²) in [6, 6.07) is 14.0. The molecule has 1 fully saturated rings. The molecule has 3 N–H and O–H groups in total. The Morgan fingerprint density at radius 2 is 1.86 bits per heavy atom. The third-order valence-corrected chi connectivity index (χ3v) is 5.91. The molecule has 3 rings (SSSR count). The van der Waals surface area contributed by atoms with Crippen LogP contribution in [0.4, 0.5) is 0 Å². The van der Waals surface area contributed by atoms with Crippen LogP contribution in [0.1, 0.15) is 29.7 Å². The first-order valence-electron chi connectivity index (χ1n) is 10.3. The first kappa shape index (κ1) is 21.6. The summed E-state index contributed by atoms with van der Waals surface area (Å²) >= 11 is 6.05. The standard InChI is InChI=1S/C23H30ClN3O2/c1-17-7-8-22(29-3)20(13-17)15-26-9-11-27(12-10-26)16-23(28)25-18(2)19-5-4-6-21(24)14-19/h4-8,13-14,18H,9-12,15-16H2,1-3H3,(H,25,28)/p+2/t18-/m1/s1. The molecule has 1 aliphatic rings. The van der Waals surface area contributed by atoms with E-state index in [1.807, 2.05) is 31.2 Å². The smallest absolute Gasteiger partial charge is 0.275 e. The van der Waals surface area contributed by atoms with Crippen molar-refractivity contribution in [2.24, 2.45) is 0 Å². The van der Waals surface area contributed by atoms with Crippen molar-refractivity contribution in [3.05, 3.63) is 64.2 Å². The molecule has 1 amide bonds. The highest BCUT2D eigenvalue weighted by atomic mass is 35.5. The Kier molecular flexibility index (Phi) is 7.53. The molecule has 0 aliphatic carbocycles. The Morgan fingerprint density at radius 1 is 1.14 bits per heavy atom. The van der Waals surface area contributed by atoms with Crippen LogP contribution in [0, 0.1) is 6.92 Å². The second-order valence-electron chi connectivity index (χ2n) is 8.01. The highest BCUT2D eigenvalue weighted by Gasteiger charge is 2.26. The molecule has 1 saturated heterocycles. The molecule has 156 valence electrons. The number of halogens is 1. The van der Waals surface area contributed by atoms with Crippen LogP contribution in [0.25, 0.3) is 0 Å². The van der Waals surface area contributed by atoms with Gasteiger partial charge in [0.25, 0.3) is 5.91 Å². The molecule has 0 spiro atoms. The average Bonchev–Trinajstić information content (AvgIpc) is 2.69. The largest absolute Gasteiger partial charge is 0.496 e. The first-order valence-corrected chi connectivity index (χ1v) is 10.7. The summed E-state index contributed by atoms with van der Waals surface area (Å²) in [4.78, 5) is 15.4. The van der Waals surface area contributed by atoms with E-state index in [1.54, 1.807) is 12.0 Å². The number of nitrogens with one attached hydrogen (secondary N) is 3. The SMILES string of the molecule is COc1ccc(C)cc1C[NH+]1CC[NH+](CC(=O)N[C@H](C)c2cccc(Cl)c2)CC1. The Bertz CT molecular complexity index is 835. The molecule has 2 aromatic carbocycles. The van der Waals surface area contributed by atoms with Crippen LogP contribution in [0.2, 0.25) is 5.02 Å². The normalized spacial score (nSPS) is 20.1. The molecule has 2 aromatic rings. The summed E-state index contributed by atoms with van der Waals surface area (Å²) in [6.07, 6.45) is 0. The van der Waals surface area contributed by atoms with E-state index in [1.165, 1.54) is 16.0 Å². The fraction of sp³-hybridized carbons (Fsp3) is 0.435. The van der Waals surface area contributed by atoms with Crippen LogP contribution < -0.4 is 19.9 Å². The number of carbonyl (C=O) groups is 1. The van der Waals surface area contributed by atoms with Gasteiger partial charge in [-0.1, -0.05) is 35.4 Å². The molecular formula is C23H32ClN3O2+2. The highest BCUT2D eigenvalue weighted by Crippen LogP contribution is 2.18. The number of quaternary nitrogens is 2. The maximum atomic E-state index is 12.5. The zero-order valence-electron chi connectivity index (χ0n) is 17.6. The fourth-order valence-electron chi connectivity index (χ4n) is 4.00. The van der Waals surface area contributed by atoms with Crippen LogP contribution in [0.15, 0.2) is 42.5 Å². The van der Waals surface area contributed by atoms with Gasteiger partial charge in [0, 0.05) is 10.6 Å². The van der Waals surface area contributed by atoms with Gasteiger partial charge in [-0.05, 0) is 43.7 Å². The predicted molar refractivity (Wildman–Crippen MR) is 116 cm³/mol. The number of amides is 1. The predicted octanol–water partition coefficient (Wildman–Crippen LogP) is 0.818. The van der Waals surface area contributed by atoms with Gasteiger partial charge in [0.1, 0.15) is 38.5 Å². The minimum absolute atomic E-state index is 0.0405. The van der Waals surface area contributed by atoms with Gasteiger partial charge in [-0.25, -0.2) is 0 Å². The zero-order valence-corrected chi connectivity index (χ0v) is 18.3. The second-order valence-corrected chi connectivity index (χ2v) is 8.45. The maximum Gasteiger partial charge on any atom is 0.275 e. The topological polar surface area (TPSA) is 47.2 Å². The summed E-state index contributed by atoms with van der Waals surface area (Å²) < 4.78 is 5.52. The van der Waals surface area contributed by atoms with E-state index in [9.17, 15) is 4.79 Å². The minimum Gasteiger partial charge on any atom is -0.496 e. The van der Waals surface area contributed by atoms with E-state index in [-0.39, 0.29) is 11.9 Å². The van der Waals surface area contributed by atoms with Crippen LogP contribution in [-0.4, -0.2) is 45.7 Å². The van der Waals surface area contributed by atoms with Crippen molar-refractivity contribution in [1.29, 1.82) is 0 Å². The zero-order chi connectivity index (χ0) is 20.8. The fourth-order valence-corrected chi connectivity index (χ4v) is 4.20. The lowest BCUT2D eigenvalue weighted by molar-refractivity contribution is -1.02. The van der Waals surface area contributed by atoms with Crippen molar-refractivity contribution in [2.75, 3.05) is 39.8 Å². The van der Waals surface area contributed by atoms with Crippen LogP contribution >= 0.6 is 11.6 Å². The molecule has 0 bridgehead atoms. The summed E-state index contributed by atoms with van der Waals surface area (Å²) in [6.45, 7) is 9.72. The number of ether oxygens (including phenoxy) is 1. The van der Waals surface area contributed by atoms with Crippen LogP contribution in [0.3, 0.4) is 0 Å². The lowest BCUT2D eigenvalue weighted by atomic mass is 10.1. The number of piperazine rings is 1. The Morgan fingerprint density at radius 3 is 2.55 bits per heavy atom. The van der Waals surface area contributed by atoms with E-state index in [4.69, 9.17) is 16.3 Å². The number of carbonyl (C=O) groups excluding carboxylic acids is 1. The number of aryl methyl sites for hydroxylation is 1. The van der Waals surface area contributed by atoms with E-state index >= 15 is 0 Å². The van der Waals surface area contributed by atoms with E-state index < -0.39 is 0 Å². The van der Waals surface area contributed by atoms with E-state index in [0.717, 1.165) is 44.0 Å². The summed E-state index contributed by atoms with van der Waals surface area (Å²) in [5.41, 5.74) is 3.55. The Balaban J connectivity index is 1.46. The molecule has 5 nitrogen and oxygen atoms in total. The number of methoxy groups -OCH3 is 1. The van der Waals surface area contributed by atoms with E-state index in [0.29, 0.717) is 11.6 Å². The van der Waals surface area contributed by atoms with Gasteiger partial charge in [-0.2, -0.15) is 0 Å². The summed E-state index contributed by atoms with van der Waals surface area (Å²) in [5.74, 6) is 1.06. The number of benzene rings is 2. The highest BCUT2D eigenvalue weighted by molar-refractivity contribution is 6.30. The molecule has 6 heteroatoms. The van der Waals surface area contributed by atoms with Crippen LogP contribution in [0.5, 0.6) is 5.75 Å². The third-order valence-electron chi connectivity index (χ3n) is 5.68. The summed E-state index contributed by atoms with van der Waals surface area (Å²) in [7, 11) is 1.73. The minimum atomic E-state index is -0.0405. The van der Waals surface area contributed by atoms with E-state index in [2.05, 4.69) is 30.4 Å². The van der Waals surface area contributed by atoms with Crippen molar-refractivity contribution in [1.82, 2.24) is 5.32 Å². The molecule has 0 unspecified atom stereocenters. The van der Waals surface area contributed by atoms with Crippen molar-refractivity contribution in [3.63, 3.8) is 0 Å². The number of hydrogen-bond donors (Lipinski definition) is 3. The van der Waals surface area contributed by atoms with Crippen molar-refractivity contribution < 1.29 is 19.3 Å². The molecule has 0 saturated carbocycles. The van der Waals surface area contributed by atoms with Gasteiger partial charge in [0.05, 0.1) is 13.2 Å². The lowest BCUT2D eigenvalue weighted by Gasteiger charge is -2.30. The average molecular weight is 418 g/mol. The number of rotatable bonds is 7. The molecule has 1 aliphatic heterocycles. The van der Waals surface area contributed by atoms with Crippen molar-refractivity contribution >= 4 is 17.5 Å². The maximum absolute atomic E-state index is 12.5. The lowest BCUT2D eigenvalue weighted by Crippen LogP contribution is -3.28. The van der Waals surface area contributed by atoms with Gasteiger partial charge < -0.3 is 19.9 Å². The molecule has 0 radical (unpaired) electrons. The summed E-state index contributed by atoms with van der Waals surface area (Å²) in [5, 5.41) is 3.79. The van der Waals surface area contributed by atoms with Crippen molar-refractivity contribution in [2.45, 2.75) is 26.4 Å². The second kappa shape index (κ2) is 10.1. The van der Waals surface area contributed by atoms with Gasteiger partial charge in [0.2, 0.25) is 0 Å². The third kappa shape index (κ3) is 6.20. The monoisotopic (exact) mass is 417 g/mol. The quantitative estimate of drug-likeness (QED) is 0.624. The molecular weight excluding hydrogens is 386 g/mol. The van der Waals surface area contributed by atoms with Gasteiger partial charge in [0.15, 0.2) is 6.54 Å². The van der Waals surface area contributed by atoms with Crippen molar-refractivity contribution in [3.8, 4) is 5.75 Å². The molecule has 29 heavy (non-hydrogen) atoms. The number of hydrogen-bond acceptors (Lipinski definition) is 2. The van der Waals surface area contributed by atoms with Crippen LogP contribution in [-0.2, 0) is 11.3 Å². The first-order chi connectivity index (χ1) is 13.9. The molecule has 1 atom stereocenters. The molecule has 1 heterocycles. The molecule has 0 aromatic heterocycles. The Hall–Kier alpha value is -2.08. The van der Waals surface area contributed by atoms with Gasteiger partial charge in [-0.3, -0.25) is 4.79 Å². The van der Waals surface area contributed by atoms with Gasteiger partial charge in [-0.15, -0.1) is 0 Å². The van der Waals surface area contributed by atoms with Gasteiger partial charge >= 0.3 is 0 Å².